The molecule has 7 heteroatoms. The van der Waals surface area contributed by atoms with Gasteiger partial charge >= 0.3 is 0 Å². The summed E-state index contributed by atoms with van der Waals surface area (Å²) in [6, 6.07) is 16.1. The minimum absolute atomic E-state index is 0.0636. The van der Waals surface area contributed by atoms with Crippen LogP contribution in [0.1, 0.15) is 37.1 Å². The first kappa shape index (κ1) is 22.2. The molecule has 3 aromatic rings. The molecule has 1 N–H and O–H groups in total. The standard InChI is InChI=1S/C25H28ClN5O/c1-17(32)28-21-11-9-18(10-12-21)16-31-13-5-8-23(31)24-22(15-27-25(29-24)30(2)3)19-6-4-7-20(26)14-19/h4,6-7,9-12,14-15,23H,5,8,13,16H2,1-3H3,(H,28,32)/t23-/m0/s1. The van der Waals surface area contributed by atoms with Crippen molar-refractivity contribution < 1.29 is 4.79 Å². The molecule has 0 spiro atoms. The molecule has 0 saturated carbocycles. The Morgan fingerprint density at radius 2 is 2.00 bits per heavy atom. The maximum absolute atomic E-state index is 11.3. The number of carbonyl (C=O) groups is 1. The van der Waals surface area contributed by atoms with Crippen molar-refractivity contribution in [3.05, 3.63) is 71.0 Å². The zero-order valence-corrected chi connectivity index (χ0v) is 19.4. The first-order chi connectivity index (χ1) is 15.4. The van der Waals surface area contributed by atoms with Gasteiger partial charge in [-0.25, -0.2) is 9.97 Å². The Balaban J connectivity index is 1.65. The van der Waals surface area contributed by atoms with Gasteiger partial charge in [0.1, 0.15) is 0 Å². The molecule has 6 nitrogen and oxygen atoms in total. The molecule has 1 amide bonds. The maximum atomic E-state index is 11.3. The highest BCUT2D eigenvalue weighted by molar-refractivity contribution is 6.30. The van der Waals surface area contributed by atoms with E-state index in [4.69, 9.17) is 16.6 Å². The van der Waals surface area contributed by atoms with Gasteiger partial charge in [0.15, 0.2) is 0 Å². The van der Waals surface area contributed by atoms with Crippen LogP contribution in [-0.2, 0) is 11.3 Å². The van der Waals surface area contributed by atoms with Gasteiger partial charge in [-0.3, -0.25) is 9.69 Å². The van der Waals surface area contributed by atoms with Crippen molar-refractivity contribution in [2.45, 2.75) is 32.4 Å². The van der Waals surface area contributed by atoms with Crippen molar-refractivity contribution in [3.8, 4) is 11.1 Å². The molecule has 1 aromatic heterocycles. The minimum Gasteiger partial charge on any atom is -0.347 e. The maximum Gasteiger partial charge on any atom is 0.225 e. The van der Waals surface area contributed by atoms with Crippen LogP contribution >= 0.6 is 11.6 Å². The third-order valence-corrected chi connectivity index (χ3v) is 5.92. The summed E-state index contributed by atoms with van der Waals surface area (Å²) in [6.07, 6.45) is 4.08. The van der Waals surface area contributed by atoms with Gasteiger partial charge in [-0.15, -0.1) is 0 Å². The Morgan fingerprint density at radius 1 is 1.22 bits per heavy atom. The first-order valence-electron chi connectivity index (χ1n) is 10.8. The molecule has 1 atom stereocenters. The second-order valence-electron chi connectivity index (χ2n) is 8.38. The summed E-state index contributed by atoms with van der Waals surface area (Å²) < 4.78 is 0. The largest absolute Gasteiger partial charge is 0.347 e. The summed E-state index contributed by atoms with van der Waals surface area (Å²) in [4.78, 5) is 25.2. The number of amides is 1. The van der Waals surface area contributed by atoms with E-state index in [9.17, 15) is 4.79 Å². The quantitative estimate of drug-likeness (QED) is 0.563. The summed E-state index contributed by atoms with van der Waals surface area (Å²) in [5.41, 5.74) is 5.12. The van der Waals surface area contributed by atoms with Gasteiger partial charge in [-0.1, -0.05) is 35.9 Å². The Morgan fingerprint density at radius 3 is 2.69 bits per heavy atom. The van der Waals surface area contributed by atoms with Crippen molar-refractivity contribution in [1.82, 2.24) is 14.9 Å². The van der Waals surface area contributed by atoms with Gasteiger partial charge in [-0.2, -0.15) is 0 Å². The average Bonchev–Trinajstić information content (AvgIpc) is 3.22. The van der Waals surface area contributed by atoms with Crippen LogP contribution in [0.25, 0.3) is 11.1 Å². The number of hydrogen-bond acceptors (Lipinski definition) is 5. The van der Waals surface area contributed by atoms with Crippen LogP contribution in [0.5, 0.6) is 0 Å². The summed E-state index contributed by atoms with van der Waals surface area (Å²) in [5, 5.41) is 3.52. The fourth-order valence-corrected chi connectivity index (χ4v) is 4.38. The number of halogens is 1. The van der Waals surface area contributed by atoms with E-state index >= 15 is 0 Å². The molecule has 0 radical (unpaired) electrons. The Bertz CT molecular complexity index is 1100. The lowest BCUT2D eigenvalue weighted by Crippen LogP contribution is -2.25. The van der Waals surface area contributed by atoms with E-state index in [0.29, 0.717) is 11.0 Å². The number of nitrogens with zero attached hydrogens (tertiary/aromatic N) is 4. The number of hydrogen-bond donors (Lipinski definition) is 1. The highest BCUT2D eigenvalue weighted by Crippen LogP contribution is 2.38. The summed E-state index contributed by atoms with van der Waals surface area (Å²) >= 11 is 6.28. The predicted octanol–water partition coefficient (Wildman–Crippen LogP) is 5.16. The van der Waals surface area contributed by atoms with E-state index in [1.165, 1.54) is 12.5 Å². The molecular weight excluding hydrogens is 422 g/mol. The van der Waals surface area contributed by atoms with E-state index in [1.54, 1.807) is 0 Å². The van der Waals surface area contributed by atoms with Crippen LogP contribution < -0.4 is 10.2 Å². The number of aromatic nitrogens is 2. The zero-order valence-electron chi connectivity index (χ0n) is 18.7. The van der Waals surface area contributed by atoms with Crippen LogP contribution in [0, 0.1) is 0 Å². The lowest BCUT2D eigenvalue weighted by Gasteiger charge is -2.27. The van der Waals surface area contributed by atoms with E-state index in [0.717, 1.165) is 48.4 Å². The van der Waals surface area contributed by atoms with Crippen molar-refractivity contribution >= 4 is 29.1 Å². The van der Waals surface area contributed by atoms with Gasteiger partial charge in [-0.05, 0) is 54.8 Å². The molecule has 0 bridgehead atoms. The predicted molar refractivity (Wildman–Crippen MR) is 130 cm³/mol. The van der Waals surface area contributed by atoms with Gasteiger partial charge < -0.3 is 10.2 Å². The number of nitrogens with one attached hydrogen (secondary N) is 1. The average molecular weight is 450 g/mol. The van der Waals surface area contributed by atoms with Crippen molar-refractivity contribution in [2.75, 3.05) is 30.9 Å². The Kier molecular flexibility index (Phi) is 6.72. The topological polar surface area (TPSA) is 61.4 Å². The number of likely N-dealkylation sites (tertiary alicyclic amines) is 1. The monoisotopic (exact) mass is 449 g/mol. The normalized spacial score (nSPS) is 16.2. The molecule has 1 aliphatic rings. The van der Waals surface area contributed by atoms with E-state index in [2.05, 4.69) is 33.4 Å². The van der Waals surface area contributed by atoms with Crippen LogP contribution in [0.2, 0.25) is 5.02 Å². The molecular formula is C25H28ClN5O. The molecule has 1 aliphatic heterocycles. The van der Waals surface area contributed by atoms with Gasteiger partial charge in [0.05, 0.1) is 11.7 Å². The highest BCUT2D eigenvalue weighted by Gasteiger charge is 2.30. The number of carbonyl (C=O) groups excluding carboxylic acids is 1. The summed E-state index contributed by atoms with van der Waals surface area (Å²) in [6.45, 7) is 3.35. The zero-order chi connectivity index (χ0) is 22.7. The van der Waals surface area contributed by atoms with Crippen LogP contribution in [0.15, 0.2) is 54.7 Å². The van der Waals surface area contributed by atoms with Crippen molar-refractivity contribution in [2.24, 2.45) is 0 Å². The number of rotatable bonds is 6. The van der Waals surface area contributed by atoms with Gasteiger partial charge in [0.25, 0.3) is 0 Å². The third-order valence-electron chi connectivity index (χ3n) is 5.68. The number of benzene rings is 2. The molecule has 0 unspecified atom stereocenters. The van der Waals surface area contributed by atoms with E-state index in [1.807, 2.05) is 55.5 Å². The SMILES string of the molecule is CC(=O)Nc1ccc(CN2CCC[C@H]2c2nc(N(C)C)ncc2-c2cccc(Cl)c2)cc1. The Labute approximate surface area is 194 Å². The molecule has 4 rings (SSSR count). The van der Waals surface area contributed by atoms with Crippen LogP contribution in [0.4, 0.5) is 11.6 Å². The molecule has 2 aromatic carbocycles. The van der Waals surface area contributed by atoms with Gasteiger partial charge in [0.2, 0.25) is 11.9 Å². The molecule has 1 saturated heterocycles. The smallest absolute Gasteiger partial charge is 0.225 e. The molecule has 166 valence electrons. The summed E-state index contributed by atoms with van der Waals surface area (Å²) in [7, 11) is 3.92. The summed E-state index contributed by atoms with van der Waals surface area (Å²) in [5.74, 6) is 0.642. The fourth-order valence-electron chi connectivity index (χ4n) is 4.19. The molecule has 2 heterocycles. The molecule has 0 aliphatic carbocycles. The fraction of sp³-hybridized carbons (Fsp3) is 0.320. The lowest BCUT2D eigenvalue weighted by atomic mass is 9.99. The minimum atomic E-state index is -0.0636. The van der Waals surface area contributed by atoms with E-state index in [-0.39, 0.29) is 11.9 Å². The second kappa shape index (κ2) is 9.67. The number of anilines is 2. The third kappa shape index (κ3) is 5.09. The first-order valence-corrected chi connectivity index (χ1v) is 11.2. The van der Waals surface area contributed by atoms with Crippen LogP contribution in [-0.4, -0.2) is 41.4 Å². The lowest BCUT2D eigenvalue weighted by molar-refractivity contribution is -0.114. The van der Waals surface area contributed by atoms with Crippen LogP contribution in [0.3, 0.4) is 0 Å². The molecule has 32 heavy (non-hydrogen) atoms. The second-order valence-corrected chi connectivity index (χ2v) is 8.82. The van der Waals surface area contributed by atoms with Gasteiger partial charge in [0, 0.05) is 50.0 Å². The highest BCUT2D eigenvalue weighted by atomic mass is 35.5. The Hall–Kier alpha value is -2.96. The van der Waals surface area contributed by atoms with Crippen molar-refractivity contribution in [3.63, 3.8) is 0 Å². The van der Waals surface area contributed by atoms with Crippen molar-refractivity contribution in [1.29, 1.82) is 0 Å². The molecule has 1 fully saturated rings. The van der Waals surface area contributed by atoms with E-state index < -0.39 is 0 Å².